The fraction of sp³-hybridized carbons (Fsp3) is 0.333. The molecule has 0 amide bonds. The van der Waals surface area contributed by atoms with Crippen molar-refractivity contribution < 1.29 is 13.2 Å². The van der Waals surface area contributed by atoms with Crippen LogP contribution in [0.15, 0.2) is 24.5 Å². The van der Waals surface area contributed by atoms with Crippen LogP contribution in [0.5, 0.6) is 0 Å². The lowest BCUT2D eigenvalue weighted by molar-refractivity contribution is -0.137. The minimum atomic E-state index is -4.44. The number of pyridine rings is 1. The molecule has 0 saturated heterocycles. The Morgan fingerprint density at radius 1 is 1.40 bits per heavy atom. The number of aryl methyl sites for hydroxylation is 1. The van der Waals surface area contributed by atoms with Gasteiger partial charge in [-0.05, 0) is 18.1 Å². The fourth-order valence-corrected chi connectivity index (χ4v) is 2.70. The zero-order valence-corrected chi connectivity index (χ0v) is 11.4. The lowest BCUT2D eigenvalue weighted by Gasteiger charge is -2.16. The number of alkyl halides is 3. The highest BCUT2D eigenvalue weighted by atomic mass is 32.1. The first kappa shape index (κ1) is 14.9. The van der Waals surface area contributed by atoms with Crippen molar-refractivity contribution in [1.82, 2.24) is 15.4 Å². The molecule has 0 spiro atoms. The van der Waals surface area contributed by atoms with Gasteiger partial charge in [0.25, 0.3) is 0 Å². The van der Waals surface area contributed by atoms with Crippen LogP contribution in [0.2, 0.25) is 0 Å². The summed E-state index contributed by atoms with van der Waals surface area (Å²) in [5, 5.41) is -0.887. The number of aromatic nitrogens is 2. The van der Waals surface area contributed by atoms with E-state index in [1.54, 1.807) is 12.3 Å². The highest BCUT2D eigenvalue weighted by Crippen LogP contribution is 2.35. The van der Waals surface area contributed by atoms with Crippen LogP contribution >= 0.6 is 11.3 Å². The molecule has 0 fully saturated rings. The Morgan fingerprint density at radius 2 is 2.15 bits per heavy atom. The summed E-state index contributed by atoms with van der Waals surface area (Å²) >= 11 is 0.568. The molecule has 108 valence electrons. The van der Waals surface area contributed by atoms with Gasteiger partial charge in [-0.2, -0.15) is 13.2 Å². The smallest absolute Gasteiger partial charge is 0.270 e. The number of rotatable bonds is 4. The number of nitrogens with zero attached hydrogens (tertiary/aromatic N) is 2. The molecule has 2 aromatic heterocycles. The second-order valence-corrected chi connectivity index (χ2v) is 5.13. The van der Waals surface area contributed by atoms with Crippen molar-refractivity contribution in [3.05, 3.63) is 45.7 Å². The topological polar surface area (TPSA) is 63.8 Å². The average molecular weight is 302 g/mol. The number of nitrogens with one attached hydrogen (secondary N) is 1. The van der Waals surface area contributed by atoms with E-state index in [0.29, 0.717) is 28.3 Å². The van der Waals surface area contributed by atoms with E-state index in [4.69, 9.17) is 5.84 Å². The molecule has 0 aliphatic rings. The Morgan fingerprint density at radius 3 is 2.70 bits per heavy atom. The van der Waals surface area contributed by atoms with Gasteiger partial charge in [-0.1, -0.05) is 13.0 Å². The summed E-state index contributed by atoms with van der Waals surface area (Å²) in [5.74, 6) is 5.49. The molecule has 0 radical (unpaired) electrons. The molecule has 0 aromatic carbocycles. The van der Waals surface area contributed by atoms with Crippen LogP contribution in [-0.2, 0) is 12.6 Å². The zero-order chi connectivity index (χ0) is 14.8. The Labute approximate surface area is 117 Å². The van der Waals surface area contributed by atoms with Crippen LogP contribution in [0.4, 0.5) is 13.2 Å². The van der Waals surface area contributed by atoms with Crippen LogP contribution < -0.4 is 11.3 Å². The summed E-state index contributed by atoms with van der Waals surface area (Å²) < 4.78 is 37.8. The van der Waals surface area contributed by atoms with Crippen molar-refractivity contribution in [2.75, 3.05) is 0 Å². The van der Waals surface area contributed by atoms with Gasteiger partial charge in [-0.15, -0.1) is 11.3 Å². The van der Waals surface area contributed by atoms with E-state index >= 15 is 0 Å². The van der Waals surface area contributed by atoms with Gasteiger partial charge in [-0.3, -0.25) is 10.8 Å². The molecule has 4 nitrogen and oxygen atoms in total. The molecular weight excluding hydrogens is 289 g/mol. The summed E-state index contributed by atoms with van der Waals surface area (Å²) in [6.07, 6.45) is -0.956. The maximum absolute atomic E-state index is 12.6. The Kier molecular flexibility index (Phi) is 4.36. The third kappa shape index (κ3) is 2.97. The highest BCUT2D eigenvalue weighted by molar-refractivity contribution is 7.11. The van der Waals surface area contributed by atoms with Crippen LogP contribution in [0.25, 0.3) is 0 Å². The predicted molar refractivity (Wildman–Crippen MR) is 69.9 cm³/mol. The molecule has 0 bridgehead atoms. The average Bonchev–Trinajstić information content (AvgIpc) is 2.90. The van der Waals surface area contributed by atoms with Gasteiger partial charge in [-0.25, -0.2) is 10.4 Å². The maximum Gasteiger partial charge on any atom is 0.443 e. The zero-order valence-electron chi connectivity index (χ0n) is 10.6. The van der Waals surface area contributed by atoms with Crippen molar-refractivity contribution in [1.29, 1.82) is 0 Å². The van der Waals surface area contributed by atoms with Crippen molar-refractivity contribution in [3.8, 4) is 0 Å². The first-order chi connectivity index (χ1) is 9.47. The minimum absolute atomic E-state index is 0.383. The largest absolute Gasteiger partial charge is 0.443 e. The first-order valence-corrected chi connectivity index (χ1v) is 6.71. The lowest BCUT2D eigenvalue weighted by atomic mass is 10.0. The number of nitrogens with two attached hydrogens (primary N) is 1. The van der Waals surface area contributed by atoms with Gasteiger partial charge >= 0.3 is 6.18 Å². The van der Waals surface area contributed by atoms with Crippen molar-refractivity contribution in [2.45, 2.75) is 25.6 Å². The summed E-state index contributed by atoms with van der Waals surface area (Å²) in [4.78, 5) is 8.01. The van der Waals surface area contributed by atoms with E-state index in [-0.39, 0.29) is 0 Å². The number of hydrogen-bond acceptors (Lipinski definition) is 5. The molecule has 0 aliphatic carbocycles. The molecule has 1 atom stereocenters. The van der Waals surface area contributed by atoms with E-state index in [2.05, 4.69) is 15.4 Å². The SMILES string of the molecule is CCc1cccnc1C(NN)c1cnc(C(F)(F)F)s1. The number of thiazole rings is 1. The second kappa shape index (κ2) is 5.86. The minimum Gasteiger partial charge on any atom is -0.270 e. The van der Waals surface area contributed by atoms with Crippen LogP contribution in [-0.4, -0.2) is 9.97 Å². The van der Waals surface area contributed by atoms with Crippen LogP contribution in [0.3, 0.4) is 0 Å². The molecule has 8 heteroatoms. The number of halogens is 3. The number of hydrazine groups is 1. The van der Waals surface area contributed by atoms with Crippen molar-refractivity contribution >= 4 is 11.3 Å². The summed E-state index contributed by atoms with van der Waals surface area (Å²) in [5.41, 5.74) is 4.06. The quantitative estimate of drug-likeness (QED) is 0.673. The monoisotopic (exact) mass is 302 g/mol. The molecule has 0 aliphatic heterocycles. The molecule has 0 saturated carbocycles. The first-order valence-electron chi connectivity index (χ1n) is 5.90. The lowest BCUT2D eigenvalue weighted by Crippen LogP contribution is -2.29. The van der Waals surface area contributed by atoms with Gasteiger partial charge in [0.15, 0.2) is 5.01 Å². The Hall–Kier alpha value is -1.51. The van der Waals surface area contributed by atoms with E-state index in [0.717, 1.165) is 5.56 Å². The normalized spacial score (nSPS) is 13.4. The standard InChI is InChI=1S/C12H13F3N4S/c1-2-7-4-3-5-17-9(7)10(19-16)8-6-18-11(20-8)12(13,14)15/h3-6,10,19H,2,16H2,1H3. The van der Waals surface area contributed by atoms with Crippen molar-refractivity contribution in [3.63, 3.8) is 0 Å². The third-order valence-corrected chi connectivity index (χ3v) is 3.90. The third-order valence-electron chi connectivity index (χ3n) is 2.80. The highest BCUT2D eigenvalue weighted by Gasteiger charge is 2.35. The predicted octanol–water partition coefficient (Wildman–Crippen LogP) is 2.67. The molecule has 2 heterocycles. The maximum atomic E-state index is 12.6. The fourth-order valence-electron chi connectivity index (χ4n) is 1.86. The molecule has 1 unspecified atom stereocenters. The summed E-state index contributed by atoms with van der Waals surface area (Å²) in [7, 11) is 0. The van der Waals surface area contributed by atoms with Crippen molar-refractivity contribution in [2.24, 2.45) is 5.84 Å². The van der Waals surface area contributed by atoms with Gasteiger partial charge in [0.2, 0.25) is 0 Å². The van der Waals surface area contributed by atoms with Gasteiger partial charge in [0.1, 0.15) is 0 Å². The van der Waals surface area contributed by atoms with E-state index in [9.17, 15) is 13.2 Å². The van der Waals surface area contributed by atoms with E-state index < -0.39 is 17.2 Å². The molecule has 20 heavy (non-hydrogen) atoms. The molecule has 2 aromatic rings. The second-order valence-electron chi connectivity index (χ2n) is 4.07. The Balaban J connectivity index is 2.40. The van der Waals surface area contributed by atoms with Crippen LogP contribution in [0, 0.1) is 0 Å². The van der Waals surface area contributed by atoms with Gasteiger partial charge in [0.05, 0.1) is 11.7 Å². The molecule has 2 rings (SSSR count). The summed E-state index contributed by atoms with van der Waals surface area (Å²) in [6, 6.07) is 3.06. The van der Waals surface area contributed by atoms with Gasteiger partial charge in [0, 0.05) is 17.3 Å². The summed E-state index contributed by atoms with van der Waals surface area (Å²) in [6.45, 7) is 1.95. The number of hydrogen-bond donors (Lipinski definition) is 2. The molecular formula is C12H13F3N4S. The van der Waals surface area contributed by atoms with Gasteiger partial charge < -0.3 is 0 Å². The Bertz CT molecular complexity index is 582. The van der Waals surface area contributed by atoms with Crippen LogP contribution in [0.1, 0.15) is 34.1 Å². The van der Waals surface area contributed by atoms with E-state index in [1.165, 1.54) is 6.20 Å². The molecule has 3 N–H and O–H groups in total. The van der Waals surface area contributed by atoms with E-state index in [1.807, 2.05) is 13.0 Å².